The van der Waals surface area contributed by atoms with Crippen molar-refractivity contribution < 1.29 is 0 Å². The van der Waals surface area contributed by atoms with Gasteiger partial charge in [-0.1, -0.05) is 107 Å². The van der Waals surface area contributed by atoms with E-state index in [1.54, 1.807) is 0 Å². The maximum absolute atomic E-state index is 2.30. The fourth-order valence-corrected chi connectivity index (χ4v) is 1.31. The predicted octanol–water partition coefficient (Wildman–Crippen LogP) is 7.23. The summed E-state index contributed by atoms with van der Waals surface area (Å²) in [6.45, 7) is 17.1. The Balaban J connectivity index is -0.000000179. The molecule has 1 fully saturated rings. The number of hydrogen-bond donors (Lipinski definition) is 0. The first kappa shape index (κ1) is 22.2. The highest BCUT2D eigenvalue weighted by molar-refractivity contribution is 4.61. The van der Waals surface area contributed by atoms with Gasteiger partial charge in [-0.25, -0.2) is 0 Å². The van der Waals surface area contributed by atoms with E-state index in [-0.39, 0.29) is 0 Å². The fraction of sp³-hybridized carbons (Fsp3) is 1.00. The van der Waals surface area contributed by atoms with Crippen LogP contribution in [0.25, 0.3) is 0 Å². The molecule has 1 aliphatic rings. The van der Waals surface area contributed by atoms with E-state index in [1.807, 2.05) is 27.7 Å². The summed E-state index contributed by atoms with van der Waals surface area (Å²) in [6, 6.07) is 0. The largest absolute Gasteiger partial charge is 0.0683 e. The molecule has 0 unspecified atom stereocenters. The van der Waals surface area contributed by atoms with Crippen LogP contribution in [0.3, 0.4) is 0 Å². The second-order valence-electron chi connectivity index (χ2n) is 4.99. The molecule has 0 aromatic rings. The molecule has 0 heterocycles. The predicted molar refractivity (Wildman–Crippen MR) is 84.8 cm³/mol. The lowest BCUT2D eigenvalue weighted by molar-refractivity contribution is 0.338. The SMILES string of the molecule is C1CCCCC1.CC.CC.CCC(C)(C)CC. The maximum atomic E-state index is 2.30. The minimum atomic E-state index is 0.583. The Hall–Kier alpha value is 0. The molecule has 0 atom stereocenters. The Morgan fingerprint density at radius 1 is 0.588 bits per heavy atom. The molecule has 0 spiro atoms. The molecule has 17 heavy (non-hydrogen) atoms. The van der Waals surface area contributed by atoms with E-state index in [4.69, 9.17) is 0 Å². The minimum Gasteiger partial charge on any atom is -0.0683 e. The van der Waals surface area contributed by atoms with Crippen molar-refractivity contribution in [1.29, 1.82) is 0 Å². The molecule has 0 aromatic heterocycles. The summed E-state index contributed by atoms with van der Waals surface area (Å²) in [5, 5.41) is 0. The van der Waals surface area contributed by atoms with Gasteiger partial charge in [0.2, 0.25) is 0 Å². The van der Waals surface area contributed by atoms with Gasteiger partial charge in [0.1, 0.15) is 0 Å². The van der Waals surface area contributed by atoms with Crippen molar-refractivity contribution in [1.82, 2.24) is 0 Å². The zero-order chi connectivity index (χ0) is 14.2. The van der Waals surface area contributed by atoms with Crippen molar-refractivity contribution in [3.8, 4) is 0 Å². The van der Waals surface area contributed by atoms with Crippen LogP contribution in [-0.4, -0.2) is 0 Å². The van der Waals surface area contributed by atoms with Gasteiger partial charge >= 0.3 is 0 Å². The summed E-state index contributed by atoms with van der Waals surface area (Å²) in [7, 11) is 0. The highest BCUT2D eigenvalue weighted by Crippen LogP contribution is 2.22. The van der Waals surface area contributed by atoms with E-state index >= 15 is 0 Å². The van der Waals surface area contributed by atoms with Gasteiger partial charge < -0.3 is 0 Å². The van der Waals surface area contributed by atoms with Gasteiger partial charge in [-0.15, -0.1) is 0 Å². The Morgan fingerprint density at radius 3 is 0.824 bits per heavy atom. The van der Waals surface area contributed by atoms with Crippen LogP contribution in [0.4, 0.5) is 0 Å². The molecule has 0 aromatic carbocycles. The van der Waals surface area contributed by atoms with Crippen LogP contribution in [0.2, 0.25) is 0 Å². The molecule has 0 bridgehead atoms. The Kier molecular flexibility index (Phi) is 24.0. The number of rotatable bonds is 2. The van der Waals surface area contributed by atoms with Crippen molar-refractivity contribution in [3.05, 3.63) is 0 Å². The quantitative estimate of drug-likeness (QED) is 0.481. The van der Waals surface area contributed by atoms with Crippen LogP contribution in [0.5, 0.6) is 0 Å². The summed E-state index contributed by atoms with van der Waals surface area (Å²) in [4.78, 5) is 0. The summed E-state index contributed by atoms with van der Waals surface area (Å²) in [5.41, 5.74) is 0.583. The second kappa shape index (κ2) is 18.4. The van der Waals surface area contributed by atoms with Gasteiger partial charge in [-0.3, -0.25) is 0 Å². The third-order valence-electron chi connectivity index (χ3n) is 3.41. The first-order chi connectivity index (χ1) is 8.12. The Bertz CT molecular complexity index is 81.1. The molecule has 1 rings (SSSR count). The van der Waals surface area contributed by atoms with Gasteiger partial charge in [0, 0.05) is 0 Å². The van der Waals surface area contributed by atoms with Crippen molar-refractivity contribution >= 4 is 0 Å². The summed E-state index contributed by atoms with van der Waals surface area (Å²) >= 11 is 0. The van der Waals surface area contributed by atoms with Crippen LogP contribution in [0.15, 0.2) is 0 Å². The van der Waals surface area contributed by atoms with Crippen molar-refractivity contribution in [2.75, 3.05) is 0 Å². The summed E-state index contributed by atoms with van der Waals surface area (Å²) in [6.07, 6.45) is 11.6. The molecule has 1 saturated carbocycles. The van der Waals surface area contributed by atoms with Gasteiger partial charge in [0.05, 0.1) is 0 Å². The van der Waals surface area contributed by atoms with Crippen LogP contribution in [0.1, 0.15) is 107 Å². The maximum Gasteiger partial charge on any atom is -0.0359 e. The lowest BCUT2D eigenvalue weighted by Gasteiger charge is -2.18. The van der Waals surface area contributed by atoms with E-state index in [1.165, 1.54) is 51.4 Å². The van der Waals surface area contributed by atoms with Crippen LogP contribution in [-0.2, 0) is 0 Å². The average Bonchev–Trinajstić information content (AvgIpc) is 2.46. The third kappa shape index (κ3) is 21.8. The second-order valence-corrected chi connectivity index (χ2v) is 4.99. The zero-order valence-corrected chi connectivity index (χ0v) is 14.2. The van der Waals surface area contributed by atoms with E-state index in [0.29, 0.717) is 5.41 Å². The van der Waals surface area contributed by atoms with Crippen molar-refractivity contribution in [2.45, 2.75) is 107 Å². The first-order valence-corrected chi connectivity index (χ1v) is 8.12. The van der Waals surface area contributed by atoms with Gasteiger partial charge in [-0.2, -0.15) is 0 Å². The van der Waals surface area contributed by atoms with E-state index < -0.39 is 0 Å². The van der Waals surface area contributed by atoms with E-state index in [2.05, 4.69) is 27.7 Å². The van der Waals surface area contributed by atoms with Crippen LogP contribution in [0, 0.1) is 5.41 Å². The Morgan fingerprint density at radius 2 is 0.765 bits per heavy atom. The highest BCUT2D eigenvalue weighted by Gasteiger charge is 2.09. The third-order valence-corrected chi connectivity index (χ3v) is 3.41. The highest BCUT2D eigenvalue weighted by atomic mass is 14.1. The topological polar surface area (TPSA) is 0 Å². The molecule has 1 aliphatic carbocycles. The smallest absolute Gasteiger partial charge is 0.0359 e. The average molecular weight is 245 g/mol. The van der Waals surface area contributed by atoms with E-state index in [9.17, 15) is 0 Å². The molecular weight excluding hydrogens is 204 g/mol. The summed E-state index contributed by atoms with van der Waals surface area (Å²) in [5.74, 6) is 0. The minimum absolute atomic E-state index is 0.583. The zero-order valence-electron chi connectivity index (χ0n) is 14.2. The van der Waals surface area contributed by atoms with Crippen molar-refractivity contribution in [3.63, 3.8) is 0 Å². The molecular formula is C17H40. The monoisotopic (exact) mass is 244 g/mol. The van der Waals surface area contributed by atoms with Crippen LogP contribution >= 0.6 is 0 Å². The fourth-order valence-electron chi connectivity index (χ4n) is 1.31. The molecule has 108 valence electrons. The number of hydrogen-bond acceptors (Lipinski definition) is 0. The standard InChI is InChI=1S/C7H16.C6H12.2C2H6/c1-5-7(3,4)6-2;1-2-4-6-5-3-1;2*1-2/h5-6H2,1-4H3;1-6H2;2*1-2H3. The molecule has 0 heteroatoms. The molecule has 0 radical (unpaired) electrons. The molecule has 0 N–H and O–H groups in total. The van der Waals surface area contributed by atoms with Gasteiger partial charge in [0.15, 0.2) is 0 Å². The van der Waals surface area contributed by atoms with Crippen LogP contribution < -0.4 is 0 Å². The molecule has 0 saturated heterocycles. The Labute approximate surface area is 113 Å². The lowest BCUT2D eigenvalue weighted by Crippen LogP contribution is -2.05. The normalized spacial score (nSPS) is 14.1. The van der Waals surface area contributed by atoms with Crippen molar-refractivity contribution in [2.24, 2.45) is 5.41 Å². The van der Waals surface area contributed by atoms with Gasteiger partial charge in [0.25, 0.3) is 0 Å². The molecule has 0 aliphatic heterocycles. The van der Waals surface area contributed by atoms with Gasteiger partial charge in [-0.05, 0) is 5.41 Å². The molecule has 0 nitrogen and oxygen atoms in total. The first-order valence-electron chi connectivity index (χ1n) is 8.12. The molecule has 0 amide bonds. The lowest BCUT2D eigenvalue weighted by atomic mass is 9.88. The van der Waals surface area contributed by atoms with E-state index in [0.717, 1.165) is 0 Å². The summed E-state index contributed by atoms with van der Waals surface area (Å²) < 4.78 is 0.